The molecule has 0 bridgehead atoms. The Morgan fingerprint density at radius 1 is 1.19 bits per heavy atom. The molecule has 0 amide bonds. The number of hydrogen-bond donors (Lipinski definition) is 0. The van der Waals surface area contributed by atoms with E-state index in [9.17, 15) is 12.8 Å². The SMILES string of the molecule is Cc1ccc(F)cc1S(=O)(=O)N1CC(c2nc(-c3ccncc3)no2)C1. The van der Waals surface area contributed by atoms with Gasteiger partial charge in [-0.1, -0.05) is 11.2 Å². The van der Waals surface area contributed by atoms with Gasteiger partial charge in [-0.25, -0.2) is 12.8 Å². The van der Waals surface area contributed by atoms with Gasteiger partial charge in [0.15, 0.2) is 0 Å². The highest BCUT2D eigenvalue weighted by Crippen LogP contribution is 2.33. The first-order valence-corrected chi connectivity index (χ1v) is 9.39. The fourth-order valence-electron chi connectivity index (χ4n) is 2.80. The van der Waals surface area contributed by atoms with Crippen LogP contribution in [0.3, 0.4) is 0 Å². The molecule has 4 rings (SSSR count). The second-order valence-corrected chi connectivity index (χ2v) is 8.03. The van der Waals surface area contributed by atoms with Crippen molar-refractivity contribution in [1.29, 1.82) is 0 Å². The molecule has 26 heavy (non-hydrogen) atoms. The number of benzene rings is 1. The van der Waals surface area contributed by atoms with Gasteiger partial charge in [0.2, 0.25) is 21.7 Å². The molecule has 0 atom stereocenters. The summed E-state index contributed by atoms with van der Waals surface area (Å²) in [6, 6.07) is 7.27. The fraction of sp³-hybridized carbons (Fsp3) is 0.235. The van der Waals surface area contributed by atoms with Crippen molar-refractivity contribution in [3.05, 3.63) is 60.0 Å². The van der Waals surface area contributed by atoms with Crippen LogP contribution in [0.5, 0.6) is 0 Å². The largest absolute Gasteiger partial charge is 0.339 e. The van der Waals surface area contributed by atoms with Crippen LogP contribution in [0.1, 0.15) is 17.4 Å². The number of sulfonamides is 1. The monoisotopic (exact) mass is 374 g/mol. The Morgan fingerprint density at radius 2 is 1.92 bits per heavy atom. The van der Waals surface area contributed by atoms with Crippen LogP contribution in [0.15, 0.2) is 52.1 Å². The van der Waals surface area contributed by atoms with Crippen LogP contribution in [0, 0.1) is 12.7 Å². The van der Waals surface area contributed by atoms with Crippen molar-refractivity contribution in [3.63, 3.8) is 0 Å². The lowest BCUT2D eigenvalue weighted by Crippen LogP contribution is -2.48. The summed E-state index contributed by atoms with van der Waals surface area (Å²) < 4.78 is 45.4. The zero-order valence-corrected chi connectivity index (χ0v) is 14.6. The van der Waals surface area contributed by atoms with Gasteiger partial charge in [0.1, 0.15) is 5.82 Å². The Hall–Kier alpha value is -2.65. The first kappa shape index (κ1) is 16.8. The molecule has 0 aliphatic carbocycles. The first-order valence-electron chi connectivity index (χ1n) is 7.95. The maximum Gasteiger partial charge on any atom is 0.243 e. The molecule has 9 heteroatoms. The van der Waals surface area contributed by atoms with Gasteiger partial charge in [0, 0.05) is 31.0 Å². The van der Waals surface area contributed by atoms with Crippen LogP contribution >= 0.6 is 0 Å². The van der Waals surface area contributed by atoms with Gasteiger partial charge in [-0.05, 0) is 36.8 Å². The number of aryl methyl sites for hydroxylation is 1. The maximum atomic E-state index is 13.4. The number of hydrogen-bond acceptors (Lipinski definition) is 6. The molecule has 1 saturated heterocycles. The van der Waals surface area contributed by atoms with Gasteiger partial charge in [-0.2, -0.15) is 9.29 Å². The lowest BCUT2D eigenvalue weighted by atomic mass is 10.0. The molecule has 0 spiro atoms. The smallest absolute Gasteiger partial charge is 0.243 e. The molecule has 1 aromatic carbocycles. The first-order chi connectivity index (χ1) is 12.4. The molecule has 3 heterocycles. The quantitative estimate of drug-likeness (QED) is 0.696. The van der Waals surface area contributed by atoms with Gasteiger partial charge < -0.3 is 4.52 Å². The number of pyridine rings is 1. The van der Waals surface area contributed by atoms with E-state index >= 15 is 0 Å². The van der Waals surface area contributed by atoms with Crippen LogP contribution in [-0.2, 0) is 10.0 Å². The van der Waals surface area contributed by atoms with E-state index in [0.717, 1.165) is 11.6 Å². The highest BCUT2D eigenvalue weighted by molar-refractivity contribution is 7.89. The second-order valence-electron chi connectivity index (χ2n) is 6.12. The summed E-state index contributed by atoms with van der Waals surface area (Å²) in [5, 5.41) is 3.93. The molecule has 7 nitrogen and oxygen atoms in total. The van der Waals surface area contributed by atoms with Gasteiger partial charge in [0.05, 0.1) is 10.8 Å². The van der Waals surface area contributed by atoms with E-state index in [1.165, 1.54) is 16.4 Å². The number of rotatable bonds is 4. The molecular weight excluding hydrogens is 359 g/mol. The minimum atomic E-state index is -3.75. The Bertz CT molecular complexity index is 1050. The average Bonchev–Trinajstić information content (AvgIpc) is 3.06. The maximum absolute atomic E-state index is 13.4. The lowest BCUT2D eigenvalue weighted by molar-refractivity contribution is 0.216. The van der Waals surface area contributed by atoms with E-state index in [2.05, 4.69) is 15.1 Å². The van der Waals surface area contributed by atoms with Crippen molar-refractivity contribution in [2.24, 2.45) is 0 Å². The predicted octanol–water partition coefficient (Wildman–Crippen LogP) is 2.37. The zero-order chi connectivity index (χ0) is 18.3. The van der Waals surface area contributed by atoms with E-state index in [-0.39, 0.29) is 23.9 Å². The van der Waals surface area contributed by atoms with E-state index in [4.69, 9.17) is 4.52 Å². The molecule has 1 fully saturated rings. The summed E-state index contributed by atoms with van der Waals surface area (Å²) in [5.74, 6) is 0.0655. The van der Waals surface area contributed by atoms with Crippen molar-refractivity contribution >= 4 is 10.0 Å². The summed E-state index contributed by atoms with van der Waals surface area (Å²) >= 11 is 0. The molecule has 0 N–H and O–H groups in total. The Balaban J connectivity index is 1.50. The normalized spacial score (nSPS) is 15.8. The zero-order valence-electron chi connectivity index (χ0n) is 13.8. The van der Waals surface area contributed by atoms with Crippen molar-refractivity contribution in [2.75, 3.05) is 13.1 Å². The van der Waals surface area contributed by atoms with Crippen molar-refractivity contribution in [2.45, 2.75) is 17.7 Å². The minimum absolute atomic E-state index is 0.0149. The molecule has 2 aromatic heterocycles. The molecule has 0 radical (unpaired) electrons. The molecule has 0 unspecified atom stereocenters. The summed E-state index contributed by atoms with van der Waals surface area (Å²) in [6.07, 6.45) is 3.26. The predicted molar refractivity (Wildman–Crippen MR) is 90.2 cm³/mol. The number of halogens is 1. The topological polar surface area (TPSA) is 89.2 Å². The third-order valence-corrected chi connectivity index (χ3v) is 6.32. The highest BCUT2D eigenvalue weighted by atomic mass is 32.2. The Morgan fingerprint density at radius 3 is 2.65 bits per heavy atom. The molecule has 3 aromatic rings. The van der Waals surface area contributed by atoms with E-state index < -0.39 is 15.8 Å². The van der Waals surface area contributed by atoms with Crippen molar-refractivity contribution < 1.29 is 17.3 Å². The van der Waals surface area contributed by atoms with E-state index in [1.54, 1.807) is 31.5 Å². The van der Waals surface area contributed by atoms with Gasteiger partial charge in [-0.15, -0.1) is 0 Å². The van der Waals surface area contributed by atoms with Crippen LogP contribution in [0.4, 0.5) is 4.39 Å². The second kappa shape index (κ2) is 6.26. The Labute approximate surface area is 149 Å². The van der Waals surface area contributed by atoms with Crippen molar-refractivity contribution in [1.82, 2.24) is 19.4 Å². The van der Waals surface area contributed by atoms with Gasteiger partial charge in [0.25, 0.3) is 0 Å². The summed E-state index contributed by atoms with van der Waals surface area (Å²) in [6.45, 7) is 2.08. The minimum Gasteiger partial charge on any atom is -0.339 e. The number of aromatic nitrogens is 3. The fourth-order valence-corrected chi connectivity index (χ4v) is 4.57. The molecule has 134 valence electrons. The van der Waals surface area contributed by atoms with Gasteiger partial charge in [-0.3, -0.25) is 4.98 Å². The Kier molecular flexibility index (Phi) is 4.04. The van der Waals surface area contributed by atoms with E-state index in [0.29, 0.717) is 17.3 Å². The highest BCUT2D eigenvalue weighted by Gasteiger charge is 2.41. The molecule has 1 aliphatic heterocycles. The molecule has 1 aliphatic rings. The summed E-state index contributed by atoms with van der Waals surface area (Å²) in [5.41, 5.74) is 1.28. The van der Waals surface area contributed by atoms with E-state index in [1.807, 2.05) is 0 Å². The molecular formula is C17H15FN4O3S. The number of nitrogens with zero attached hydrogens (tertiary/aromatic N) is 4. The summed E-state index contributed by atoms with van der Waals surface area (Å²) in [4.78, 5) is 8.25. The van der Waals surface area contributed by atoms with Crippen LogP contribution < -0.4 is 0 Å². The van der Waals surface area contributed by atoms with Gasteiger partial charge >= 0.3 is 0 Å². The third-order valence-electron chi connectivity index (χ3n) is 4.35. The average molecular weight is 374 g/mol. The van der Waals surface area contributed by atoms with Crippen LogP contribution in [-0.4, -0.2) is 40.9 Å². The van der Waals surface area contributed by atoms with Crippen LogP contribution in [0.25, 0.3) is 11.4 Å². The van der Waals surface area contributed by atoms with Crippen molar-refractivity contribution in [3.8, 4) is 11.4 Å². The summed E-state index contributed by atoms with van der Waals surface area (Å²) in [7, 11) is -3.75. The lowest BCUT2D eigenvalue weighted by Gasteiger charge is -2.36. The molecule has 0 saturated carbocycles. The van der Waals surface area contributed by atoms with Crippen LogP contribution in [0.2, 0.25) is 0 Å². The standard InChI is InChI=1S/C17H15FN4O3S/c1-11-2-3-14(18)8-15(11)26(23,24)22-9-13(10-22)17-20-16(21-25-17)12-4-6-19-7-5-12/h2-8,13H,9-10H2,1H3. The third kappa shape index (κ3) is 2.89.